The van der Waals surface area contributed by atoms with E-state index in [0.29, 0.717) is 12.5 Å². The lowest BCUT2D eigenvalue weighted by Gasteiger charge is -2.23. The van der Waals surface area contributed by atoms with E-state index in [1.165, 1.54) is 12.1 Å². The molecule has 3 rings (SSSR count). The van der Waals surface area contributed by atoms with E-state index < -0.39 is 5.60 Å². The van der Waals surface area contributed by atoms with Gasteiger partial charge in [-0.1, -0.05) is 48.5 Å². The van der Waals surface area contributed by atoms with E-state index in [4.69, 9.17) is 0 Å². The monoisotopic (exact) mass is 380 g/mol. The first-order valence-electron chi connectivity index (χ1n) is 10.2. The van der Waals surface area contributed by atoms with E-state index in [1.807, 2.05) is 37.3 Å². The fourth-order valence-electron chi connectivity index (χ4n) is 3.58. The highest BCUT2D eigenvalue weighted by Crippen LogP contribution is 2.23. The van der Waals surface area contributed by atoms with Crippen molar-refractivity contribution in [1.29, 1.82) is 0 Å². The minimum Gasteiger partial charge on any atom is -0.384 e. The lowest BCUT2D eigenvalue weighted by Crippen LogP contribution is -2.41. The van der Waals surface area contributed by atoms with Gasteiger partial charge in [0.1, 0.15) is 5.60 Å². The van der Waals surface area contributed by atoms with Gasteiger partial charge in [0, 0.05) is 31.9 Å². The van der Waals surface area contributed by atoms with E-state index in [9.17, 15) is 5.11 Å². The van der Waals surface area contributed by atoms with Gasteiger partial charge in [0.05, 0.1) is 6.54 Å². The van der Waals surface area contributed by atoms with E-state index in [2.05, 4.69) is 57.8 Å². The number of para-hydroxylation sites is 1. The van der Waals surface area contributed by atoms with Gasteiger partial charge in [-0.2, -0.15) is 0 Å². The van der Waals surface area contributed by atoms with Gasteiger partial charge in [0.2, 0.25) is 0 Å². The first-order chi connectivity index (χ1) is 13.6. The van der Waals surface area contributed by atoms with Crippen LogP contribution in [0, 0.1) is 5.92 Å². The van der Waals surface area contributed by atoms with Gasteiger partial charge in [0.25, 0.3) is 0 Å². The molecular weight excluding hydrogens is 348 g/mol. The highest BCUT2D eigenvalue weighted by atomic mass is 16.3. The normalized spacial score (nSPS) is 19.3. The Balaban J connectivity index is 1.54. The van der Waals surface area contributed by atoms with Crippen LogP contribution in [0.4, 0.5) is 5.69 Å². The van der Waals surface area contributed by atoms with Crippen molar-refractivity contribution < 1.29 is 5.11 Å². The van der Waals surface area contributed by atoms with Crippen molar-refractivity contribution >= 4 is 11.6 Å². The highest BCUT2D eigenvalue weighted by molar-refractivity contribution is 5.79. The van der Waals surface area contributed by atoms with E-state index in [1.54, 1.807) is 0 Å². The standard InChI is InChI=1S/C23H32N4O/c1-3-24-22(26-18-23(2,28)20-10-6-4-7-11-20)25-16-19-14-15-27(17-19)21-12-8-5-9-13-21/h4-13,19,28H,3,14-18H2,1-2H3,(H2,24,25,26). The van der Waals surface area contributed by atoms with E-state index >= 15 is 0 Å². The van der Waals surface area contributed by atoms with Gasteiger partial charge >= 0.3 is 0 Å². The van der Waals surface area contributed by atoms with Crippen LogP contribution in [0.2, 0.25) is 0 Å². The molecule has 2 unspecified atom stereocenters. The Hall–Kier alpha value is -2.53. The molecular formula is C23H32N4O. The second-order valence-corrected chi connectivity index (χ2v) is 7.65. The third-order valence-electron chi connectivity index (χ3n) is 5.25. The molecule has 0 aromatic heterocycles. The predicted octanol–water partition coefficient (Wildman–Crippen LogP) is 2.98. The Kier molecular flexibility index (Phi) is 6.93. The molecule has 5 heteroatoms. The van der Waals surface area contributed by atoms with E-state index in [0.717, 1.165) is 37.7 Å². The molecule has 0 radical (unpaired) electrons. The molecule has 3 N–H and O–H groups in total. The zero-order valence-electron chi connectivity index (χ0n) is 16.9. The van der Waals surface area contributed by atoms with Crippen molar-refractivity contribution in [2.75, 3.05) is 37.6 Å². The van der Waals surface area contributed by atoms with Crippen LogP contribution in [-0.4, -0.2) is 43.8 Å². The van der Waals surface area contributed by atoms with Gasteiger partial charge in [0.15, 0.2) is 5.96 Å². The molecule has 0 bridgehead atoms. The number of nitrogens with one attached hydrogen (secondary N) is 2. The molecule has 2 aromatic rings. The first kappa shape index (κ1) is 20.2. The summed E-state index contributed by atoms with van der Waals surface area (Å²) in [6.07, 6.45) is 1.17. The third-order valence-corrected chi connectivity index (χ3v) is 5.25. The zero-order valence-corrected chi connectivity index (χ0v) is 16.9. The minimum atomic E-state index is -0.985. The summed E-state index contributed by atoms with van der Waals surface area (Å²) < 4.78 is 0. The third kappa shape index (κ3) is 5.49. The number of aliphatic imine (C=N–C) groups is 1. The topological polar surface area (TPSA) is 59.9 Å². The Labute approximate surface area is 168 Å². The van der Waals surface area contributed by atoms with Crippen LogP contribution in [0.25, 0.3) is 0 Å². The molecule has 28 heavy (non-hydrogen) atoms. The minimum absolute atomic E-state index is 0.313. The van der Waals surface area contributed by atoms with Gasteiger partial charge in [-0.25, -0.2) is 4.99 Å². The molecule has 0 amide bonds. The number of anilines is 1. The lowest BCUT2D eigenvalue weighted by atomic mass is 9.96. The average molecular weight is 381 g/mol. The summed E-state index contributed by atoms with van der Waals surface area (Å²) in [6.45, 7) is 7.99. The molecule has 150 valence electrons. The van der Waals surface area contributed by atoms with Crippen LogP contribution < -0.4 is 15.5 Å². The van der Waals surface area contributed by atoms with Crippen molar-refractivity contribution in [3.63, 3.8) is 0 Å². The largest absolute Gasteiger partial charge is 0.384 e. The molecule has 1 fully saturated rings. The van der Waals surface area contributed by atoms with Crippen LogP contribution in [-0.2, 0) is 5.60 Å². The van der Waals surface area contributed by atoms with Crippen molar-refractivity contribution in [3.05, 3.63) is 66.2 Å². The fraction of sp³-hybridized carbons (Fsp3) is 0.435. The summed E-state index contributed by atoms with van der Waals surface area (Å²) in [5.41, 5.74) is 1.19. The van der Waals surface area contributed by atoms with Gasteiger partial charge in [-0.05, 0) is 43.9 Å². The molecule has 2 atom stereocenters. The number of aliphatic hydroxyl groups is 1. The SMILES string of the molecule is CCNC(=NCC(C)(O)c1ccccc1)NCC1CCN(c2ccccc2)C1. The van der Waals surface area contributed by atoms with Crippen LogP contribution in [0.15, 0.2) is 65.7 Å². The maximum absolute atomic E-state index is 10.8. The predicted molar refractivity (Wildman–Crippen MR) is 117 cm³/mol. The number of nitrogens with zero attached hydrogens (tertiary/aromatic N) is 2. The van der Waals surface area contributed by atoms with Crippen molar-refractivity contribution in [2.24, 2.45) is 10.9 Å². The van der Waals surface area contributed by atoms with Crippen molar-refractivity contribution in [1.82, 2.24) is 10.6 Å². The quantitative estimate of drug-likeness (QED) is 0.511. The molecule has 1 saturated heterocycles. The van der Waals surface area contributed by atoms with Crippen LogP contribution in [0.1, 0.15) is 25.8 Å². The maximum atomic E-state index is 10.8. The Morgan fingerprint density at radius 1 is 1.11 bits per heavy atom. The molecule has 0 saturated carbocycles. The summed E-state index contributed by atoms with van der Waals surface area (Å²) in [7, 11) is 0. The molecule has 1 aliphatic heterocycles. The number of rotatable bonds is 7. The van der Waals surface area contributed by atoms with Gasteiger partial charge in [-0.15, -0.1) is 0 Å². The Morgan fingerprint density at radius 2 is 1.79 bits per heavy atom. The zero-order chi connectivity index (χ0) is 19.8. The van der Waals surface area contributed by atoms with Crippen molar-refractivity contribution in [2.45, 2.75) is 25.9 Å². The second-order valence-electron chi connectivity index (χ2n) is 7.65. The maximum Gasteiger partial charge on any atom is 0.191 e. The van der Waals surface area contributed by atoms with Crippen LogP contribution in [0.3, 0.4) is 0 Å². The fourth-order valence-corrected chi connectivity index (χ4v) is 3.58. The van der Waals surface area contributed by atoms with Crippen LogP contribution in [0.5, 0.6) is 0 Å². The Bertz CT molecular complexity index is 746. The number of hydrogen-bond donors (Lipinski definition) is 3. The number of benzene rings is 2. The van der Waals surface area contributed by atoms with E-state index in [-0.39, 0.29) is 0 Å². The molecule has 1 heterocycles. The van der Waals surface area contributed by atoms with Crippen molar-refractivity contribution in [3.8, 4) is 0 Å². The molecule has 2 aromatic carbocycles. The number of hydrogen-bond acceptors (Lipinski definition) is 3. The summed E-state index contributed by atoms with van der Waals surface area (Å²) >= 11 is 0. The first-order valence-corrected chi connectivity index (χ1v) is 10.2. The van der Waals surface area contributed by atoms with Gasteiger partial charge in [-0.3, -0.25) is 0 Å². The Morgan fingerprint density at radius 3 is 2.46 bits per heavy atom. The molecule has 0 aliphatic carbocycles. The highest BCUT2D eigenvalue weighted by Gasteiger charge is 2.24. The van der Waals surface area contributed by atoms with Gasteiger partial charge < -0.3 is 20.6 Å². The second kappa shape index (κ2) is 9.60. The lowest BCUT2D eigenvalue weighted by molar-refractivity contribution is 0.0672. The summed E-state index contributed by atoms with van der Waals surface area (Å²) in [6, 6.07) is 20.3. The summed E-state index contributed by atoms with van der Waals surface area (Å²) in [4.78, 5) is 7.07. The average Bonchev–Trinajstić information content (AvgIpc) is 3.20. The molecule has 0 spiro atoms. The summed E-state index contributed by atoms with van der Waals surface area (Å²) in [5.74, 6) is 1.34. The van der Waals surface area contributed by atoms with Crippen LogP contribution >= 0.6 is 0 Å². The number of guanidine groups is 1. The summed E-state index contributed by atoms with van der Waals surface area (Å²) in [5, 5.41) is 17.5. The molecule has 5 nitrogen and oxygen atoms in total. The smallest absolute Gasteiger partial charge is 0.191 e. The molecule has 1 aliphatic rings.